The van der Waals surface area contributed by atoms with Gasteiger partial charge in [0.05, 0.1) is 5.69 Å². The van der Waals surface area contributed by atoms with Crippen LogP contribution in [0.5, 0.6) is 0 Å². The Morgan fingerprint density at radius 3 is 2.67 bits per heavy atom. The van der Waals surface area contributed by atoms with Crippen LogP contribution in [0.1, 0.15) is 16.1 Å². The second-order valence-electron chi connectivity index (χ2n) is 4.67. The maximum absolute atomic E-state index is 14.1. The summed E-state index contributed by atoms with van der Waals surface area (Å²) in [6.07, 6.45) is 0.584. The second kappa shape index (κ2) is 5.28. The van der Waals surface area contributed by atoms with E-state index in [-0.39, 0.29) is 5.69 Å². The summed E-state index contributed by atoms with van der Waals surface area (Å²) >= 11 is 0. The van der Waals surface area contributed by atoms with Gasteiger partial charge in [-0.25, -0.2) is 9.07 Å². The summed E-state index contributed by atoms with van der Waals surface area (Å²) in [6, 6.07) is 13.8. The SMILES string of the molecule is Cc1cccc(-n2nnc(C=O)c2-c2ccccc2F)c1. The minimum Gasteiger partial charge on any atom is -0.296 e. The lowest BCUT2D eigenvalue weighted by Gasteiger charge is -2.08. The molecule has 5 heteroatoms. The number of aromatic nitrogens is 3. The fourth-order valence-electron chi connectivity index (χ4n) is 2.22. The van der Waals surface area contributed by atoms with Gasteiger partial charge in [-0.3, -0.25) is 4.79 Å². The number of nitrogens with zero attached hydrogens (tertiary/aromatic N) is 3. The van der Waals surface area contributed by atoms with E-state index in [1.165, 1.54) is 10.7 Å². The van der Waals surface area contributed by atoms with E-state index in [0.717, 1.165) is 11.3 Å². The van der Waals surface area contributed by atoms with E-state index < -0.39 is 5.82 Å². The summed E-state index contributed by atoms with van der Waals surface area (Å²) in [4.78, 5) is 11.2. The molecule has 0 aliphatic carbocycles. The molecule has 0 unspecified atom stereocenters. The van der Waals surface area contributed by atoms with Gasteiger partial charge in [-0.2, -0.15) is 0 Å². The Labute approximate surface area is 120 Å². The molecule has 2 aromatic carbocycles. The number of hydrogen-bond acceptors (Lipinski definition) is 3. The van der Waals surface area contributed by atoms with E-state index >= 15 is 0 Å². The van der Waals surface area contributed by atoms with Crippen molar-refractivity contribution in [3.63, 3.8) is 0 Å². The van der Waals surface area contributed by atoms with E-state index in [1.807, 2.05) is 31.2 Å². The van der Waals surface area contributed by atoms with Crippen molar-refractivity contribution in [3.8, 4) is 16.9 Å². The Hall–Kier alpha value is -2.82. The van der Waals surface area contributed by atoms with Gasteiger partial charge in [0.1, 0.15) is 11.5 Å². The van der Waals surface area contributed by atoms with Crippen LogP contribution in [0, 0.1) is 12.7 Å². The Morgan fingerprint density at radius 1 is 1.14 bits per heavy atom. The summed E-state index contributed by atoms with van der Waals surface area (Å²) < 4.78 is 15.5. The zero-order valence-electron chi connectivity index (χ0n) is 11.3. The van der Waals surface area contributed by atoms with Gasteiger partial charge >= 0.3 is 0 Å². The first-order valence-corrected chi connectivity index (χ1v) is 6.43. The van der Waals surface area contributed by atoms with Gasteiger partial charge in [0.15, 0.2) is 12.0 Å². The van der Waals surface area contributed by atoms with Crippen LogP contribution >= 0.6 is 0 Å². The maximum Gasteiger partial charge on any atom is 0.172 e. The molecule has 104 valence electrons. The van der Waals surface area contributed by atoms with Crippen molar-refractivity contribution in [2.45, 2.75) is 6.92 Å². The predicted octanol–water partition coefficient (Wildman–Crippen LogP) is 3.19. The quantitative estimate of drug-likeness (QED) is 0.693. The second-order valence-corrected chi connectivity index (χ2v) is 4.67. The molecule has 0 N–H and O–H groups in total. The minimum absolute atomic E-state index is 0.113. The average Bonchev–Trinajstić information content (AvgIpc) is 2.91. The van der Waals surface area contributed by atoms with Crippen molar-refractivity contribution in [2.75, 3.05) is 0 Å². The van der Waals surface area contributed by atoms with Crippen LogP contribution in [0.3, 0.4) is 0 Å². The largest absolute Gasteiger partial charge is 0.296 e. The standard InChI is InChI=1S/C16H12FN3O/c1-11-5-4-6-12(9-11)20-16(15(10-21)18-19-20)13-7-2-3-8-14(13)17/h2-10H,1H3. The third kappa shape index (κ3) is 2.33. The van der Waals surface area contributed by atoms with E-state index in [2.05, 4.69) is 10.3 Å². The fraction of sp³-hybridized carbons (Fsp3) is 0.0625. The molecule has 0 atom stereocenters. The zero-order chi connectivity index (χ0) is 14.8. The lowest BCUT2D eigenvalue weighted by atomic mass is 10.1. The predicted molar refractivity (Wildman–Crippen MR) is 76.9 cm³/mol. The van der Waals surface area contributed by atoms with Gasteiger partial charge < -0.3 is 0 Å². The van der Waals surface area contributed by atoms with Crippen molar-refractivity contribution in [1.82, 2.24) is 15.0 Å². The third-order valence-electron chi connectivity index (χ3n) is 3.18. The normalized spacial score (nSPS) is 10.6. The van der Waals surface area contributed by atoms with Gasteiger partial charge in [0.2, 0.25) is 0 Å². The van der Waals surface area contributed by atoms with Crippen LogP contribution in [0.2, 0.25) is 0 Å². The molecule has 0 radical (unpaired) electrons. The number of carbonyl (C=O) groups excluding carboxylic acids is 1. The molecule has 3 rings (SSSR count). The van der Waals surface area contributed by atoms with Gasteiger partial charge in [-0.15, -0.1) is 5.10 Å². The Kier molecular flexibility index (Phi) is 3.31. The van der Waals surface area contributed by atoms with Crippen molar-refractivity contribution in [3.05, 3.63) is 65.6 Å². The lowest BCUT2D eigenvalue weighted by Crippen LogP contribution is -2.01. The van der Waals surface area contributed by atoms with Crippen LogP contribution < -0.4 is 0 Å². The van der Waals surface area contributed by atoms with Crippen molar-refractivity contribution < 1.29 is 9.18 Å². The van der Waals surface area contributed by atoms with Gasteiger partial charge in [0.25, 0.3) is 0 Å². The first-order chi connectivity index (χ1) is 10.2. The lowest BCUT2D eigenvalue weighted by molar-refractivity contribution is 0.111. The fourth-order valence-corrected chi connectivity index (χ4v) is 2.22. The Morgan fingerprint density at radius 2 is 1.95 bits per heavy atom. The minimum atomic E-state index is -0.420. The smallest absolute Gasteiger partial charge is 0.172 e. The molecule has 21 heavy (non-hydrogen) atoms. The van der Waals surface area contributed by atoms with E-state index in [0.29, 0.717) is 17.5 Å². The van der Waals surface area contributed by atoms with Crippen molar-refractivity contribution in [1.29, 1.82) is 0 Å². The zero-order valence-corrected chi connectivity index (χ0v) is 11.3. The molecule has 0 amide bonds. The number of aldehydes is 1. The van der Waals surface area contributed by atoms with Crippen LogP contribution in [0.25, 0.3) is 16.9 Å². The molecule has 0 spiro atoms. The molecule has 0 aliphatic heterocycles. The van der Waals surface area contributed by atoms with Gasteiger partial charge in [-0.1, -0.05) is 29.5 Å². The molecule has 4 nitrogen and oxygen atoms in total. The van der Waals surface area contributed by atoms with E-state index in [9.17, 15) is 9.18 Å². The van der Waals surface area contributed by atoms with Crippen LogP contribution in [-0.2, 0) is 0 Å². The number of benzene rings is 2. The molecular weight excluding hydrogens is 269 g/mol. The Bertz CT molecular complexity index is 811. The maximum atomic E-state index is 14.1. The molecule has 0 aliphatic rings. The first-order valence-electron chi connectivity index (χ1n) is 6.43. The highest BCUT2D eigenvalue weighted by molar-refractivity contribution is 5.84. The number of halogens is 1. The van der Waals surface area contributed by atoms with Gasteiger partial charge in [-0.05, 0) is 36.8 Å². The summed E-state index contributed by atoms with van der Waals surface area (Å²) in [6.45, 7) is 1.95. The average molecular weight is 281 g/mol. The topological polar surface area (TPSA) is 47.8 Å². The van der Waals surface area contributed by atoms with Crippen LogP contribution in [0.4, 0.5) is 4.39 Å². The van der Waals surface area contributed by atoms with E-state index in [1.54, 1.807) is 18.2 Å². The molecular formula is C16H12FN3O. The molecule has 0 saturated carbocycles. The summed E-state index contributed by atoms with van der Waals surface area (Å²) in [5.41, 5.74) is 2.53. The van der Waals surface area contributed by atoms with E-state index in [4.69, 9.17) is 0 Å². The van der Waals surface area contributed by atoms with Crippen LogP contribution in [-0.4, -0.2) is 21.3 Å². The molecule has 1 heterocycles. The summed E-state index contributed by atoms with van der Waals surface area (Å²) in [5.74, 6) is -0.420. The molecule has 1 aromatic heterocycles. The number of aryl methyl sites for hydroxylation is 1. The molecule has 0 bridgehead atoms. The van der Waals surface area contributed by atoms with Crippen molar-refractivity contribution in [2.24, 2.45) is 0 Å². The first kappa shape index (κ1) is 13.2. The number of hydrogen-bond donors (Lipinski definition) is 0. The van der Waals surface area contributed by atoms with Crippen molar-refractivity contribution >= 4 is 6.29 Å². The highest BCUT2D eigenvalue weighted by Gasteiger charge is 2.18. The van der Waals surface area contributed by atoms with Crippen LogP contribution in [0.15, 0.2) is 48.5 Å². The highest BCUT2D eigenvalue weighted by atomic mass is 19.1. The monoisotopic (exact) mass is 281 g/mol. The number of rotatable bonds is 3. The number of carbonyl (C=O) groups is 1. The summed E-state index contributed by atoms with van der Waals surface area (Å²) in [7, 11) is 0. The summed E-state index contributed by atoms with van der Waals surface area (Å²) in [5, 5.41) is 7.82. The molecule has 0 saturated heterocycles. The Balaban J connectivity index is 2.27. The molecule has 0 fully saturated rings. The third-order valence-corrected chi connectivity index (χ3v) is 3.18. The highest BCUT2D eigenvalue weighted by Crippen LogP contribution is 2.26. The molecule has 3 aromatic rings. The van der Waals surface area contributed by atoms with Gasteiger partial charge in [0, 0.05) is 5.56 Å².